The minimum absolute atomic E-state index is 0.148. The van der Waals surface area contributed by atoms with Crippen LogP contribution in [-0.4, -0.2) is 26.2 Å². The zero-order valence-electron chi connectivity index (χ0n) is 16.7. The van der Waals surface area contributed by atoms with Crippen molar-refractivity contribution in [3.8, 4) is 0 Å². The summed E-state index contributed by atoms with van der Waals surface area (Å²) in [5, 5.41) is 5.70. The van der Waals surface area contributed by atoms with Gasteiger partial charge in [0.2, 0.25) is 5.82 Å². The van der Waals surface area contributed by atoms with Crippen LogP contribution in [-0.2, 0) is 6.54 Å². The van der Waals surface area contributed by atoms with Crippen LogP contribution in [0.3, 0.4) is 0 Å². The second-order valence-corrected chi connectivity index (χ2v) is 7.04. The van der Waals surface area contributed by atoms with Crippen LogP contribution in [0.25, 0.3) is 5.52 Å². The molecule has 3 aromatic heterocycles. The Morgan fingerprint density at radius 2 is 1.87 bits per heavy atom. The smallest absolute Gasteiger partial charge is 0.292 e. The summed E-state index contributed by atoms with van der Waals surface area (Å²) in [4.78, 5) is 34.1. The number of aryl methyl sites for hydroxylation is 2. The van der Waals surface area contributed by atoms with Crippen molar-refractivity contribution in [2.75, 3.05) is 5.32 Å². The lowest BCUT2D eigenvalue weighted by Crippen LogP contribution is -2.23. The summed E-state index contributed by atoms with van der Waals surface area (Å²) in [5.74, 6) is -0.589. The highest BCUT2D eigenvalue weighted by atomic mass is 16.2. The molecule has 0 aliphatic rings. The van der Waals surface area contributed by atoms with Gasteiger partial charge in [-0.2, -0.15) is 0 Å². The minimum Gasteiger partial charge on any atom is -0.346 e. The Hall–Kier alpha value is -4.00. The number of imidazole rings is 1. The molecule has 1 aromatic carbocycles. The van der Waals surface area contributed by atoms with Crippen molar-refractivity contribution < 1.29 is 9.59 Å². The van der Waals surface area contributed by atoms with Gasteiger partial charge in [0.05, 0.1) is 5.52 Å². The summed E-state index contributed by atoms with van der Waals surface area (Å²) in [5.41, 5.74) is 4.54. The standard InChI is InChI=1S/C23H21N5O2/c1-15-8-9-18(12-16(15)2)26-23(30)21-27-20(19-7-3-4-11-28(19)21)22(29)25-14-17-6-5-10-24-13-17/h3-13H,14H2,1-2H3,(H,25,29)(H,26,30). The maximum atomic E-state index is 12.9. The van der Waals surface area contributed by atoms with Crippen LogP contribution < -0.4 is 10.6 Å². The van der Waals surface area contributed by atoms with Gasteiger partial charge < -0.3 is 10.6 Å². The van der Waals surface area contributed by atoms with Crippen LogP contribution in [0.15, 0.2) is 67.1 Å². The summed E-state index contributed by atoms with van der Waals surface area (Å²) in [6, 6.07) is 14.7. The summed E-state index contributed by atoms with van der Waals surface area (Å²) in [6.45, 7) is 4.32. The number of nitrogens with one attached hydrogen (secondary N) is 2. The first-order chi connectivity index (χ1) is 14.5. The predicted molar refractivity (Wildman–Crippen MR) is 114 cm³/mol. The Kier molecular flexibility index (Phi) is 5.26. The molecule has 7 nitrogen and oxygen atoms in total. The Balaban J connectivity index is 1.60. The minimum atomic E-state index is -0.384. The lowest BCUT2D eigenvalue weighted by molar-refractivity contribution is 0.0948. The van der Waals surface area contributed by atoms with Gasteiger partial charge in [0, 0.05) is 30.8 Å². The number of carbonyl (C=O) groups is 2. The highest BCUT2D eigenvalue weighted by Gasteiger charge is 2.21. The van der Waals surface area contributed by atoms with E-state index in [0.29, 0.717) is 17.7 Å². The molecule has 30 heavy (non-hydrogen) atoms. The molecule has 0 saturated carbocycles. The number of benzene rings is 1. The number of carbonyl (C=O) groups excluding carboxylic acids is 2. The highest BCUT2D eigenvalue weighted by molar-refractivity contribution is 6.06. The zero-order chi connectivity index (χ0) is 21.1. The van der Waals surface area contributed by atoms with E-state index in [-0.39, 0.29) is 23.3 Å². The molecule has 0 aliphatic carbocycles. The molecule has 2 amide bonds. The zero-order valence-corrected chi connectivity index (χ0v) is 16.7. The van der Waals surface area contributed by atoms with E-state index in [0.717, 1.165) is 16.7 Å². The van der Waals surface area contributed by atoms with Crippen molar-refractivity contribution in [1.82, 2.24) is 19.7 Å². The van der Waals surface area contributed by atoms with E-state index in [2.05, 4.69) is 20.6 Å². The van der Waals surface area contributed by atoms with Gasteiger partial charge in [-0.05, 0) is 60.9 Å². The summed E-state index contributed by atoms with van der Waals surface area (Å²) in [7, 11) is 0. The third kappa shape index (κ3) is 3.91. The largest absolute Gasteiger partial charge is 0.346 e. The van der Waals surface area contributed by atoms with Crippen molar-refractivity contribution >= 4 is 23.0 Å². The van der Waals surface area contributed by atoms with Crippen molar-refractivity contribution in [1.29, 1.82) is 0 Å². The van der Waals surface area contributed by atoms with E-state index in [1.165, 1.54) is 0 Å². The van der Waals surface area contributed by atoms with Gasteiger partial charge in [0.15, 0.2) is 5.69 Å². The molecule has 150 valence electrons. The molecule has 0 bridgehead atoms. The molecule has 0 aliphatic heterocycles. The normalized spacial score (nSPS) is 10.7. The number of pyridine rings is 2. The van der Waals surface area contributed by atoms with Crippen LogP contribution in [0.1, 0.15) is 37.8 Å². The monoisotopic (exact) mass is 399 g/mol. The van der Waals surface area contributed by atoms with Gasteiger partial charge in [-0.1, -0.05) is 18.2 Å². The average molecular weight is 399 g/mol. The van der Waals surface area contributed by atoms with Crippen LogP contribution in [0, 0.1) is 13.8 Å². The lowest BCUT2D eigenvalue weighted by atomic mass is 10.1. The number of nitrogens with zero attached hydrogens (tertiary/aromatic N) is 3. The maximum Gasteiger partial charge on any atom is 0.292 e. The van der Waals surface area contributed by atoms with Crippen molar-refractivity contribution in [2.24, 2.45) is 0 Å². The molecule has 0 saturated heterocycles. The second-order valence-electron chi connectivity index (χ2n) is 7.04. The number of hydrogen-bond acceptors (Lipinski definition) is 4. The number of hydrogen-bond donors (Lipinski definition) is 2. The average Bonchev–Trinajstić information content (AvgIpc) is 3.15. The van der Waals surface area contributed by atoms with Gasteiger partial charge in [0.1, 0.15) is 0 Å². The van der Waals surface area contributed by atoms with Gasteiger partial charge >= 0.3 is 0 Å². The van der Waals surface area contributed by atoms with Gasteiger partial charge in [-0.25, -0.2) is 4.98 Å². The Morgan fingerprint density at radius 3 is 2.63 bits per heavy atom. The first kappa shape index (κ1) is 19.3. The molecule has 3 heterocycles. The first-order valence-corrected chi connectivity index (χ1v) is 9.56. The van der Waals surface area contributed by atoms with E-state index in [1.54, 1.807) is 41.2 Å². The predicted octanol–water partition coefficient (Wildman–Crippen LogP) is 3.53. The molecule has 7 heteroatoms. The van der Waals surface area contributed by atoms with Crippen molar-refractivity contribution in [2.45, 2.75) is 20.4 Å². The molecule has 4 aromatic rings. The molecule has 0 atom stereocenters. The van der Waals surface area contributed by atoms with Gasteiger partial charge in [-0.3, -0.25) is 19.0 Å². The second kappa shape index (κ2) is 8.16. The van der Waals surface area contributed by atoms with Crippen molar-refractivity contribution in [3.05, 3.63) is 95.3 Å². The van der Waals surface area contributed by atoms with Gasteiger partial charge in [0.25, 0.3) is 11.8 Å². The summed E-state index contributed by atoms with van der Waals surface area (Å²) < 4.78 is 1.62. The molecule has 0 radical (unpaired) electrons. The fourth-order valence-corrected chi connectivity index (χ4v) is 3.14. The van der Waals surface area contributed by atoms with Crippen LogP contribution >= 0.6 is 0 Å². The molecule has 2 N–H and O–H groups in total. The number of aromatic nitrogens is 3. The highest BCUT2D eigenvalue weighted by Crippen LogP contribution is 2.17. The van der Waals surface area contributed by atoms with Crippen LogP contribution in [0.2, 0.25) is 0 Å². The van der Waals surface area contributed by atoms with Crippen LogP contribution in [0.4, 0.5) is 5.69 Å². The fourth-order valence-electron chi connectivity index (χ4n) is 3.14. The number of fused-ring (bicyclic) bond motifs is 1. The molecular formula is C23H21N5O2. The number of anilines is 1. The Morgan fingerprint density at radius 1 is 1.00 bits per heavy atom. The molecule has 0 spiro atoms. The summed E-state index contributed by atoms with van der Waals surface area (Å²) >= 11 is 0. The Bertz CT molecular complexity index is 1230. The molecular weight excluding hydrogens is 378 g/mol. The van der Waals surface area contributed by atoms with E-state index in [1.807, 2.05) is 44.2 Å². The van der Waals surface area contributed by atoms with E-state index in [9.17, 15) is 9.59 Å². The maximum absolute atomic E-state index is 12.9. The SMILES string of the molecule is Cc1ccc(NC(=O)c2nc(C(=O)NCc3cccnc3)c3ccccn23)cc1C. The van der Waals surface area contributed by atoms with Gasteiger partial charge in [-0.15, -0.1) is 0 Å². The van der Waals surface area contributed by atoms with E-state index in [4.69, 9.17) is 0 Å². The molecule has 4 rings (SSSR count). The number of rotatable bonds is 5. The Labute approximate surface area is 173 Å². The quantitative estimate of drug-likeness (QED) is 0.537. The molecule has 0 unspecified atom stereocenters. The van der Waals surface area contributed by atoms with E-state index >= 15 is 0 Å². The van der Waals surface area contributed by atoms with Crippen LogP contribution in [0.5, 0.6) is 0 Å². The molecule has 0 fully saturated rings. The third-order valence-electron chi connectivity index (χ3n) is 4.91. The summed E-state index contributed by atoms with van der Waals surface area (Å²) in [6.07, 6.45) is 5.08. The first-order valence-electron chi connectivity index (χ1n) is 9.56. The van der Waals surface area contributed by atoms with Crippen molar-refractivity contribution in [3.63, 3.8) is 0 Å². The number of amides is 2. The fraction of sp³-hybridized carbons (Fsp3) is 0.130. The van der Waals surface area contributed by atoms with E-state index < -0.39 is 0 Å². The lowest BCUT2D eigenvalue weighted by Gasteiger charge is -2.07. The third-order valence-corrected chi connectivity index (χ3v) is 4.91. The topological polar surface area (TPSA) is 88.4 Å².